The number of benzene rings is 1. The topological polar surface area (TPSA) is 66.5 Å². The molecule has 0 bridgehead atoms. The zero-order chi connectivity index (χ0) is 16.3. The highest BCUT2D eigenvalue weighted by Crippen LogP contribution is 2.17. The summed E-state index contributed by atoms with van der Waals surface area (Å²) in [5.74, 6) is -1.69. The predicted molar refractivity (Wildman–Crippen MR) is 78.0 cm³/mol. The Labute approximate surface area is 128 Å². The fourth-order valence-electron chi connectivity index (χ4n) is 2.38. The number of nitrogens with zero attached hydrogens (tertiary/aromatic N) is 1. The Morgan fingerprint density at radius 3 is 2.68 bits per heavy atom. The predicted octanol–water partition coefficient (Wildman–Crippen LogP) is 1.54. The van der Waals surface area contributed by atoms with Crippen molar-refractivity contribution in [3.05, 3.63) is 35.4 Å². The second-order valence-electron chi connectivity index (χ2n) is 5.56. The van der Waals surface area contributed by atoms with Crippen LogP contribution in [-0.2, 0) is 16.4 Å². The molecule has 1 aliphatic rings. The van der Waals surface area contributed by atoms with Crippen LogP contribution in [0.2, 0.25) is 0 Å². The van der Waals surface area contributed by atoms with E-state index in [9.17, 15) is 22.0 Å². The summed E-state index contributed by atoms with van der Waals surface area (Å²) in [6.07, 6.45) is 0.551. The number of urea groups is 1. The van der Waals surface area contributed by atoms with E-state index >= 15 is 0 Å². The molecule has 1 heterocycles. The highest BCUT2D eigenvalue weighted by atomic mass is 32.2. The molecule has 1 N–H and O–H groups in total. The van der Waals surface area contributed by atoms with Crippen molar-refractivity contribution in [2.24, 2.45) is 5.92 Å². The molecule has 8 heteroatoms. The van der Waals surface area contributed by atoms with Crippen molar-refractivity contribution in [2.45, 2.75) is 13.0 Å². The van der Waals surface area contributed by atoms with Crippen molar-refractivity contribution in [3.8, 4) is 0 Å². The molecule has 2 rings (SSSR count). The minimum atomic E-state index is -2.96. The van der Waals surface area contributed by atoms with Gasteiger partial charge in [-0.15, -0.1) is 0 Å². The van der Waals surface area contributed by atoms with Gasteiger partial charge < -0.3 is 10.2 Å². The maximum atomic E-state index is 13.1. The number of amides is 2. The van der Waals surface area contributed by atoms with Crippen LogP contribution in [0.5, 0.6) is 0 Å². The van der Waals surface area contributed by atoms with E-state index in [4.69, 9.17) is 0 Å². The van der Waals surface area contributed by atoms with Crippen LogP contribution in [0.4, 0.5) is 13.6 Å². The molecule has 1 aromatic carbocycles. The zero-order valence-corrected chi connectivity index (χ0v) is 13.0. The SMILES string of the molecule is CN(Cc1ccc(F)c(F)c1)C(=O)NC[C@H]1CCS(=O)(=O)C1. The Kier molecular flexibility index (Phi) is 5.00. The lowest BCUT2D eigenvalue weighted by Gasteiger charge is -2.19. The second-order valence-corrected chi connectivity index (χ2v) is 7.79. The molecule has 1 atom stereocenters. The molecular formula is C14H18F2N2O3S. The van der Waals surface area contributed by atoms with Crippen LogP contribution in [0.1, 0.15) is 12.0 Å². The van der Waals surface area contributed by atoms with Crippen LogP contribution < -0.4 is 5.32 Å². The Morgan fingerprint density at radius 2 is 2.09 bits per heavy atom. The highest BCUT2D eigenvalue weighted by Gasteiger charge is 2.28. The summed E-state index contributed by atoms with van der Waals surface area (Å²) in [6, 6.07) is 3.09. The molecule has 1 fully saturated rings. The average Bonchev–Trinajstić information content (AvgIpc) is 2.79. The molecule has 2 amide bonds. The number of carbonyl (C=O) groups is 1. The number of hydrogen-bond donors (Lipinski definition) is 1. The number of nitrogens with one attached hydrogen (secondary N) is 1. The van der Waals surface area contributed by atoms with Gasteiger partial charge in [0.15, 0.2) is 21.5 Å². The molecule has 5 nitrogen and oxygen atoms in total. The molecule has 1 aromatic rings. The summed E-state index contributed by atoms with van der Waals surface area (Å²) in [4.78, 5) is 13.2. The smallest absolute Gasteiger partial charge is 0.317 e. The average molecular weight is 332 g/mol. The van der Waals surface area contributed by atoms with Crippen molar-refractivity contribution in [3.63, 3.8) is 0 Å². The highest BCUT2D eigenvalue weighted by molar-refractivity contribution is 7.91. The number of sulfone groups is 1. The monoisotopic (exact) mass is 332 g/mol. The Hall–Kier alpha value is -1.70. The van der Waals surface area contributed by atoms with Gasteiger partial charge in [-0.05, 0) is 30.0 Å². The third kappa shape index (κ3) is 4.40. The fourth-order valence-corrected chi connectivity index (χ4v) is 4.25. The Balaban J connectivity index is 1.83. The summed E-state index contributed by atoms with van der Waals surface area (Å²) < 4.78 is 48.6. The first kappa shape index (κ1) is 16.7. The van der Waals surface area contributed by atoms with E-state index in [2.05, 4.69) is 5.32 Å². The van der Waals surface area contributed by atoms with E-state index in [-0.39, 0.29) is 30.0 Å². The minimum absolute atomic E-state index is 0.0642. The number of carbonyl (C=O) groups excluding carboxylic acids is 1. The van der Waals surface area contributed by atoms with Gasteiger partial charge in [0, 0.05) is 20.1 Å². The van der Waals surface area contributed by atoms with E-state index in [1.54, 1.807) is 0 Å². The van der Waals surface area contributed by atoms with E-state index < -0.39 is 21.5 Å². The van der Waals surface area contributed by atoms with Crippen LogP contribution in [0, 0.1) is 17.6 Å². The molecule has 1 saturated heterocycles. The van der Waals surface area contributed by atoms with Gasteiger partial charge >= 0.3 is 6.03 Å². The first-order valence-corrected chi connectivity index (χ1v) is 8.72. The Bertz CT molecular complexity index is 664. The summed E-state index contributed by atoms with van der Waals surface area (Å²) in [5, 5.41) is 2.66. The first-order valence-electron chi connectivity index (χ1n) is 6.90. The van der Waals surface area contributed by atoms with Crippen molar-refractivity contribution < 1.29 is 22.0 Å². The van der Waals surface area contributed by atoms with Gasteiger partial charge in [-0.3, -0.25) is 0 Å². The van der Waals surface area contributed by atoms with Gasteiger partial charge in [-0.1, -0.05) is 6.07 Å². The lowest BCUT2D eigenvalue weighted by Crippen LogP contribution is -2.39. The van der Waals surface area contributed by atoms with E-state index in [1.807, 2.05) is 0 Å². The molecule has 0 saturated carbocycles. The summed E-state index contributed by atoms with van der Waals surface area (Å²) >= 11 is 0. The lowest BCUT2D eigenvalue weighted by atomic mass is 10.1. The summed E-state index contributed by atoms with van der Waals surface area (Å²) in [5.41, 5.74) is 0.472. The third-order valence-electron chi connectivity index (χ3n) is 3.62. The molecule has 0 spiro atoms. The fraction of sp³-hybridized carbons (Fsp3) is 0.500. The zero-order valence-electron chi connectivity index (χ0n) is 12.2. The third-order valence-corrected chi connectivity index (χ3v) is 5.46. The van der Waals surface area contributed by atoms with Gasteiger partial charge in [0.1, 0.15) is 0 Å². The summed E-state index contributed by atoms with van der Waals surface area (Å²) in [6.45, 7) is 0.423. The van der Waals surface area contributed by atoms with Gasteiger partial charge in [-0.2, -0.15) is 0 Å². The molecule has 0 radical (unpaired) electrons. The largest absolute Gasteiger partial charge is 0.338 e. The van der Waals surface area contributed by atoms with Crippen LogP contribution in [0.3, 0.4) is 0 Å². The molecule has 22 heavy (non-hydrogen) atoms. The van der Waals surface area contributed by atoms with Crippen molar-refractivity contribution >= 4 is 15.9 Å². The first-order chi connectivity index (χ1) is 10.3. The number of hydrogen-bond acceptors (Lipinski definition) is 3. The van der Waals surface area contributed by atoms with E-state index in [0.29, 0.717) is 18.5 Å². The minimum Gasteiger partial charge on any atom is -0.338 e. The van der Waals surface area contributed by atoms with Gasteiger partial charge in [-0.25, -0.2) is 22.0 Å². The second kappa shape index (κ2) is 6.60. The molecular weight excluding hydrogens is 314 g/mol. The summed E-state index contributed by atoms with van der Waals surface area (Å²) in [7, 11) is -1.43. The molecule has 0 aromatic heterocycles. The van der Waals surface area contributed by atoms with E-state index in [1.165, 1.54) is 18.0 Å². The molecule has 0 unspecified atom stereocenters. The van der Waals surface area contributed by atoms with Crippen molar-refractivity contribution in [1.82, 2.24) is 10.2 Å². The standard InChI is InChI=1S/C14H18F2N2O3S/c1-18(8-10-2-3-12(15)13(16)6-10)14(19)17-7-11-4-5-22(20,21)9-11/h2-3,6,11H,4-5,7-9H2,1H3,(H,17,19)/t11-/m1/s1. The van der Waals surface area contributed by atoms with Gasteiger partial charge in [0.25, 0.3) is 0 Å². The quantitative estimate of drug-likeness (QED) is 0.909. The molecule has 122 valence electrons. The van der Waals surface area contributed by atoms with E-state index in [0.717, 1.165) is 12.1 Å². The van der Waals surface area contributed by atoms with Crippen LogP contribution in [0.25, 0.3) is 0 Å². The van der Waals surface area contributed by atoms with Crippen molar-refractivity contribution in [1.29, 1.82) is 0 Å². The normalized spacial score (nSPS) is 19.9. The molecule has 0 aliphatic carbocycles. The maximum Gasteiger partial charge on any atom is 0.317 e. The number of halogens is 2. The maximum absolute atomic E-state index is 13.1. The lowest BCUT2D eigenvalue weighted by molar-refractivity contribution is 0.205. The van der Waals surface area contributed by atoms with Gasteiger partial charge in [0.05, 0.1) is 11.5 Å². The van der Waals surface area contributed by atoms with Crippen LogP contribution in [-0.4, -0.2) is 44.4 Å². The van der Waals surface area contributed by atoms with Crippen LogP contribution >= 0.6 is 0 Å². The van der Waals surface area contributed by atoms with Gasteiger partial charge in [0.2, 0.25) is 0 Å². The Morgan fingerprint density at radius 1 is 1.36 bits per heavy atom. The van der Waals surface area contributed by atoms with Crippen molar-refractivity contribution in [2.75, 3.05) is 25.1 Å². The molecule has 1 aliphatic heterocycles. The number of rotatable bonds is 4. The van der Waals surface area contributed by atoms with Crippen LogP contribution in [0.15, 0.2) is 18.2 Å².